The van der Waals surface area contributed by atoms with Gasteiger partial charge in [-0.3, -0.25) is 14.9 Å². The van der Waals surface area contributed by atoms with Gasteiger partial charge in [0.15, 0.2) is 11.5 Å². The van der Waals surface area contributed by atoms with E-state index in [2.05, 4.69) is 21.2 Å². The number of esters is 1. The van der Waals surface area contributed by atoms with Crippen molar-refractivity contribution in [2.75, 3.05) is 26.1 Å². The molecule has 3 aromatic rings. The van der Waals surface area contributed by atoms with Gasteiger partial charge in [0.05, 0.1) is 41.5 Å². The van der Waals surface area contributed by atoms with Crippen LogP contribution in [0.4, 0.5) is 11.4 Å². The van der Waals surface area contributed by atoms with Gasteiger partial charge in [-0.2, -0.15) is 5.26 Å². The molecule has 0 spiro atoms. The molecule has 0 aliphatic heterocycles. The predicted octanol–water partition coefficient (Wildman–Crippen LogP) is 5.54. The molecule has 0 aliphatic rings. The molecule has 39 heavy (non-hydrogen) atoms. The van der Waals surface area contributed by atoms with Crippen LogP contribution in [-0.4, -0.2) is 37.6 Å². The average molecular weight is 596 g/mol. The topological polar surface area (TPSA) is 150 Å². The van der Waals surface area contributed by atoms with Crippen molar-refractivity contribution in [1.29, 1.82) is 5.26 Å². The van der Waals surface area contributed by atoms with Crippen LogP contribution in [0.2, 0.25) is 0 Å². The lowest BCUT2D eigenvalue weighted by Gasteiger charge is -2.14. The molecule has 0 atom stereocenters. The minimum atomic E-state index is -0.819. The van der Waals surface area contributed by atoms with E-state index in [-0.39, 0.29) is 46.4 Å². The summed E-state index contributed by atoms with van der Waals surface area (Å²) in [5.74, 6) is -0.390. The third-order valence-corrected chi connectivity index (χ3v) is 5.76. The van der Waals surface area contributed by atoms with Crippen molar-refractivity contribution in [2.45, 2.75) is 6.92 Å². The first-order chi connectivity index (χ1) is 18.7. The Balaban J connectivity index is 1.91. The molecule has 0 heterocycles. The Morgan fingerprint density at radius 3 is 2.38 bits per heavy atom. The fraction of sp³-hybridized carbons (Fsp3) is 0.148. The van der Waals surface area contributed by atoms with Crippen LogP contribution in [0.25, 0.3) is 6.08 Å². The SMILES string of the molecule is CCOc1cc(/C=C(\C#N)C(=O)Nc2cc([N+](=O)[O-])ccc2OC)cc(Br)c1OC(=O)c1ccc(OC)cc1. The van der Waals surface area contributed by atoms with Gasteiger partial charge >= 0.3 is 5.97 Å². The number of hydrogen-bond acceptors (Lipinski definition) is 9. The Labute approximate surface area is 231 Å². The van der Waals surface area contributed by atoms with Crippen LogP contribution in [0.1, 0.15) is 22.8 Å². The van der Waals surface area contributed by atoms with Crippen molar-refractivity contribution < 1.29 is 33.5 Å². The smallest absolute Gasteiger partial charge is 0.343 e. The molecule has 0 saturated heterocycles. The second kappa shape index (κ2) is 13.1. The Bertz CT molecular complexity index is 1480. The fourth-order valence-electron chi connectivity index (χ4n) is 3.32. The number of carbonyl (C=O) groups excluding carboxylic acids is 2. The van der Waals surface area contributed by atoms with E-state index in [9.17, 15) is 25.0 Å². The zero-order valence-electron chi connectivity index (χ0n) is 21.0. The normalized spacial score (nSPS) is 10.7. The second-order valence-electron chi connectivity index (χ2n) is 7.65. The van der Waals surface area contributed by atoms with Crippen molar-refractivity contribution in [3.8, 4) is 29.1 Å². The molecule has 3 aromatic carbocycles. The lowest BCUT2D eigenvalue weighted by Crippen LogP contribution is -2.14. The predicted molar refractivity (Wildman–Crippen MR) is 145 cm³/mol. The van der Waals surface area contributed by atoms with E-state index in [0.717, 1.165) is 6.07 Å². The van der Waals surface area contributed by atoms with Gasteiger partial charge in [-0.15, -0.1) is 0 Å². The van der Waals surface area contributed by atoms with E-state index in [4.69, 9.17) is 18.9 Å². The number of anilines is 1. The number of carbonyl (C=O) groups is 2. The van der Waals surface area contributed by atoms with Gasteiger partial charge in [-0.1, -0.05) is 0 Å². The van der Waals surface area contributed by atoms with Gasteiger partial charge in [0.2, 0.25) is 0 Å². The summed E-state index contributed by atoms with van der Waals surface area (Å²) >= 11 is 3.36. The zero-order valence-corrected chi connectivity index (χ0v) is 22.6. The maximum atomic E-state index is 12.9. The lowest BCUT2D eigenvalue weighted by atomic mass is 10.1. The highest BCUT2D eigenvalue weighted by atomic mass is 79.9. The highest BCUT2D eigenvalue weighted by Gasteiger charge is 2.20. The van der Waals surface area contributed by atoms with Crippen molar-refractivity contribution in [3.05, 3.63) is 85.9 Å². The molecule has 0 aromatic heterocycles. The number of nitrogens with zero attached hydrogens (tertiary/aromatic N) is 2. The molecule has 0 bridgehead atoms. The van der Waals surface area contributed by atoms with Gasteiger partial charge in [-0.05, 0) is 77.0 Å². The highest BCUT2D eigenvalue weighted by Crippen LogP contribution is 2.38. The van der Waals surface area contributed by atoms with E-state index < -0.39 is 16.8 Å². The molecule has 0 fully saturated rings. The van der Waals surface area contributed by atoms with Crippen LogP contribution in [0, 0.1) is 21.4 Å². The Morgan fingerprint density at radius 2 is 1.79 bits per heavy atom. The standard InChI is InChI=1S/C27H22BrN3O8/c1-4-38-24-13-16(12-21(28)25(24)39-27(33)17-5-8-20(36-2)9-6-17)11-18(15-29)26(32)30-22-14-19(31(34)35)7-10-23(22)37-3/h5-14H,4H2,1-3H3,(H,30,32)/b18-11+. The largest absolute Gasteiger partial charge is 0.497 e. The number of nitrogens with one attached hydrogen (secondary N) is 1. The summed E-state index contributed by atoms with van der Waals surface area (Å²) in [7, 11) is 2.86. The first-order valence-electron chi connectivity index (χ1n) is 11.3. The third kappa shape index (κ3) is 7.12. The van der Waals surface area contributed by atoms with Gasteiger partial charge in [0.1, 0.15) is 23.1 Å². The number of nitro benzene ring substituents is 1. The molecule has 0 unspecified atom stereocenters. The van der Waals surface area contributed by atoms with Crippen LogP contribution in [0.3, 0.4) is 0 Å². The molecule has 0 radical (unpaired) electrons. The average Bonchev–Trinajstić information content (AvgIpc) is 2.93. The molecule has 200 valence electrons. The van der Waals surface area contributed by atoms with Gasteiger partial charge in [0.25, 0.3) is 11.6 Å². The fourth-order valence-corrected chi connectivity index (χ4v) is 3.86. The maximum Gasteiger partial charge on any atom is 0.343 e. The number of non-ortho nitro benzene ring substituents is 1. The quantitative estimate of drug-likeness (QED) is 0.0795. The number of nitriles is 1. The molecule has 1 N–H and O–H groups in total. The molecule has 11 nitrogen and oxygen atoms in total. The molecular formula is C27H22BrN3O8. The Morgan fingerprint density at radius 1 is 1.08 bits per heavy atom. The zero-order chi connectivity index (χ0) is 28.5. The number of benzene rings is 3. The van der Waals surface area contributed by atoms with E-state index >= 15 is 0 Å². The van der Waals surface area contributed by atoms with Gasteiger partial charge < -0.3 is 24.3 Å². The van der Waals surface area contributed by atoms with Crippen molar-refractivity contribution >= 4 is 45.3 Å². The summed E-state index contributed by atoms with van der Waals surface area (Å²) < 4.78 is 21.8. The first-order valence-corrected chi connectivity index (χ1v) is 12.1. The van der Waals surface area contributed by atoms with Gasteiger partial charge in [-0.25, -0.2) is 4.79 Å². The lowest BCUT2D eigenvalue weighted by molar-refractivity contribution is -0.384. The van der Waals surface area contributed by atoms with Crippen LogP contribution in [-0.2, 0) is 4.79 Å². The van der Waals surface area contributed by atoms with Crippen LogP contribution < -0.4 is 24.3 Å². The molecular weight excluding hydrogens is 574 g/mol. The number of methoxy groups -OCH3 is 2. The minimum Gasteiger partial charge on any atom is -0.497 e. The Kier molecular flexibility index (Phi) is 9.61. The van der Waals surface area contributed by atoms with E-state index in [1.54, 1.807) is 31.2 Å². The van der Waals surface area contributed by atoms with Crippen molar-refractivity contribution in [1.82, 2.24) is 0 Å². The maximum absolute atomic E-state index is 12.9. The summed E-state index contributed by atoms with van der Waals surface area (Å²) in [5.41, 5.74) is 0.121. The van der Waals surface area contributed by atoms with Crippen LogP contribution in [0.15, 0.2) is 64.6 Å². The number of rotatable bonds is 10. The summed E-state index contributed by atoms with van der Waals surface area (Å²) in [5, 5.41) is 23.2. The molecule has 3 rings (SSSR count). The molecule has 12 heteroatoms. The van der Waals surface area contributed by atoms with Crippen molar-refractivity contribution in [3.63, 3.8) is 0 Å². The first kappa shape index (κ1) is 28.7. The third-order valence-electron chi connectivity index (χ3n) is 5.17. The van der Waals surface area contributed by atoms with E-state index in [1.807, 2.05) is 6.07 Å². The number of halogens is 1. The minimum absolute atomic E-state index is 0.0230. The van der Waals surface area contributed by atoms with E-state index in [1.165, 1.54) is 44.6 Å². The molecule has 0 saturated carbocycles. The summed E-state index contributed by atoms with van der Waals surface area (Å²) in [6.07, 6.45) is 1.29. The monoisotopic (exact) mass is 595 g/mol. The number of ether oxygens (including phenoxy) is 4. The summed E-state index contributed by atoms with van der Waals surface area (Å²) in [6, 6.07) is 14.9. The number of amides is 1. The molecule has 1 amide bonds. The van der Waals surface area contributed by atoms with Crippen LogP contribution in [0.5, 0.6) is 23.0 Å². The van der Waals surface area contributed by atoms with E-state index in [0.29, 0.717) is 15.8 Å². The van der Waals surface area contributed by atoms with Crippen LogP contribution >= 0.6 is 15.9 Å². The summed E-state index contributed by atoms with van der Waals surface area (Å²) in [4.78, 5) is 36.1. The second-order valence-corrected chi connectivity index (χ2v) is 8.50. The Hall–Kier alpha value is -4.89. The van der Waals surface area contributed by atoms with Gasteiger partial charge in [0, 0.05) is 12.1 Å². The number of nitro groups is 1. The highest BCUT2D eigenvalue weighted by molar-refractivity contribution is 9.10. The number of hydrogen-bond donors (Lipinski definition) is 1. The summed E-state index contributed by atoms with van der Waals surface area (Å²) in [6.45, 7) is 1.98. The van der Waals surface area contributed by atoms with Crippen molar-refractivity contribution in [2.24, 2.45) is 0 Å². The molecule has 0 aliphatic carbocycles.